The molecule has 0 saturated carbocycles. The minimum absolute atomic E-state index is 0.136. The van der Waals surface area contributed by atoms with E-state index in [1.54, 1.807) is 12.1 Å². The maximum Gasteiger partial charge on any atom is 0.259 e. The molecule has 0 spiro atoms. The second-order valence-electron chi connectivity index (χ2n) is 5.62. The van der Waals surface area contributed by atoms with Crippen LogP contribution in [-0.4, -0.2) is 9.97 Å². The van der Waals surface area contributed by atoms with Gasteiger partial charge in [0.15, 0.2) is 0 Å². The third-order valence-electron chi connectivity index (χ3n) is 3.88. The summed E-state index contributed by atoms with van der Waals surface area (Å²) in [4.78, 5) is 21.6. The number of H-pyrrole nitrogens is 1. The van der Waals surface area contributed by atoms with Crippen molar-refractivity contribution in [3.8, 4) is 10.4 Å². The number of fused-ring (bicyclic) bond motifs is 1. The lowest BCUT2D eigenvalue weighted by Crippen LogP contribution is -2.11. The maximum atomic E-state index is 12.4. The number of benzene rings is 2. The maximum absolute atomic E-state index is 12.4. The van der Waals surface area contributed by atoms with Crippen LogP contribution in [0.15, 0.2) is 59.4 Å². The Hall–Kier alpha value is -2.14. The second kappa shape index (κ2) is 6.64. The van der Waals surface area contributed by atoms with Crippen molar-refractivity contribution in [1.29, 1.82) is 0 Å². The molecule has 124 valence electrons. The highest BCUT2D eigenvalue weighted by molar-refractivity contribution is 7.21. The van der Waals surface area contributed by atoms with Crippen LogP contribution in [0.1, 0.15) is 11.4 Å². The molecule has 0 fully saturated rings. The van der Waals surface area contributed by atoms with Crippen molar-refractivity contribution >= 4 is 44.8 Å². The molecular weight excluding hydrogens is 375 g/mol. The average molecular weight is 387 g/mol. The predicted octanol–water partition coefficient (Wildman–Crippen LogP) is 5.55. The van der Waals surface area contributed by atoms with Crippen molar-refractivity contribution in [2.75, 3.05) is 0 Å². The van der Waals surface area contributed by atoms with Gasteiger partial charge < -0.3 is 4.98 Å². The molecule has 0 aliphatic heterocycles. The zero-order chi connectivity index (χ0) is 17.4. The summed E-state index contributed by atoms with van der Waals surface area (Å²) in [7, 11) is 0. The van der Waals surface area contributed by atoms with Crippen LogP contribution in [-0.2, 0) is 6.42 Å². The van der Waals surface area contributed by atoms with Gasteiger partial charge in [-0.25, -0.2) is 4.98 Å². The molecule has 4 rings (SSSR count). The Morgan fingerprint density at radius 3 is 2.60 bits per heavy atom. The van der Waals surface area contributed by atoms with Crippen LogP contribution in [0, 0.1) is 0 Å². The van der Waals surface area contributed by atoms with E-state index < -0.39 is 0 Å². The molecule has 0 unspecified atom stereocenters. The summed E-state index contributed by atoms with van der Waals surface area (Å²) in [5.74, 6) is 0.586. The molecule has 0 atom stereocenters. The van der Waals surface area contributed by atoms with E-state index in [0.29, 0.717) is 27.7 Å². The standard InChI is InChI=1S/C19H12Cl2N2OS/c20-13-7-6-12(15(21)9-13)8-17-22-18(24)14-10-16(25-19(14)23-17)11-4-2-1-3-5-11/h1-7,9-10H,8H2,(H,22,23,24). The van der Waals surface area contributed by atoms with Gasteiger partial charge in [0.25, 0.3) is 5.56 Å². The number of hydrogen-bond acceptors (Lipinski definition) is 3. The fraction of sp³-hybridized carbons (Fsp3) is 0.0526. The molecule has 4 aromatic rings. The molecule has 2 aromatic heterocycles. The summed E-state index contributed by atoms with van der Waals surface area (Å²) in [6.45, 7) is 0. The lowest BCUT2D eigenvalue weighted by atomic mass is 10.1. The van der Waals surface area contributed by atoms with Gasteiger partial charge in [-0.2, -0.15) is 0 Å². The molecule has 0 aliphatic carbocycles. The minimum Gasteiger partial charge on any atom is -0.310 e. The Morgan fingerprint density at radius 1 is 1.04 bits per heavy atom. The summed E-state index contributed by atoms with van der Waals surface area (Å²) in [6, 6.07) is 17.2. The van der Waals surface area contributed by atoms with Gasteiger partial charge in [-0.1, -0.05) is 59.6 Å². The van der Waals surface area contributed by atoms with E-state index in [1.165, 1.54) is 11.3 Å². The van der Waals surface area contributed by atoms with E-state index >= 15 is 0 Å². The average Bonchev–Trinajstić information content (AvgIpc) is 3.03. The third-order valence-corrected chi connectivity index (χ3v) is 5.55. The molecule has 0 radical (unpaired) electrons. The fourth-order valence-corrected chi connectivity index (χ4v) is 4.18. The van der Waals surface area contributed by atoms with Crippen LogP contribution in [0.2, 0.25) is 10.0 Å². The molecule has 0 amide bonds. The molecule has 6 heteroatoms. The Balaban J connectivity index is 1.75. The summed E-state index contributed by atoms with van der Waals surface area (Å²) < 4.78 is 0. The van der Waals surface area contributed by atoms with Crippen molar-refractivity contribution in [2.45, 2.75) is 6.42 Å². The van der Waals surface area contributed by atoms with E-state index in [1.807, 2.05) is 42.5 Å². The molecule has 0 saturated heterocycles. The minimum atomic E-state index is -0.136. The van der Waals surface area contributed by atoms with Crippen LogP contribution in [0.3, 0.4) is 0 Å². The molecule has 2 heterocycles. The topological polar surface area (TPSA) is 45.8 Å². The fourth-order valence-electron chi connectivity index (χ4n) is 2.65. The number of hydrogen-bond donors (Lipinski definition) is 1. The zero-order valence-corrected chi connectivity index (χ0v) is 15.3. The van der Waals surface area contributed by atoms with Gasteiger partial charge in [0.05, 0.1) is 5.39 Å². The van der Waals surface area contributed by atoms with Crippen molar-refractivity contribution < 1.29 is 0 Å². The zero-order valence-electron chi connectivity index (χ0n) is 12.9. The Kier molecular flexibility index (Phi) is 4.34. The Morgan fingerprint density at radius 2 is 1.84 bits per heavy atom. The van der Waals surface area contributed by atoms with Crippen molar-refractivity contribution in [1.82, 2.24) is 9.97 Å². The summed E-state index contributed by atoms with van der Waals surface area (Å²) in [6.07, 6.45) is 0.444. The van der Waals surface area contributed by atoms with Gasteiger partial charge in [-0.05, 0) is 29.3 Å². The number of thiophene rings is 1. The first-order valence-electron chi connectivity index (χ1n) is 7.62. The molecule has 25 heavy (non-hydrogen) atoms. The SMILES string of the molecule is O=c1[nH]c(Cc2ccc(Cl)cc2Cl)nc2sc(-c3ccccc3)cc12. The van der Waals surface area contributed by atoms with E-state index in [2.05, 4.69) is 9.97 Å². The van der Waals surface area contributed by atoms with Crippen LogP contribution >= 0.6 is 34.5 Å². The Labute approximate surface area is 157 Å². The van der Waals surface area contributed by atoms with Gasteiger partial charge in [-0.3, -0.25) is 4.79 Å². The first kappa shape index (κ1) is 16.3. The molecule has 3 nitrogen and oxygen atoms in total. The molecule has 1 N–H and O–H groups in total. The number of halogens is 2. The van der Waals surface area contributed by atoms with Gasteiger partial charge in [-0.15, -0.1) is 11.3 Å². The molecular formula is C19H12Cl2N2OS. The summed E-state index contributed by atoms with van der Waals surface area (Å²) in [5, 5.41) is 1.75. The van der Waals surface area contributed by atoms with Crippen molar-refractivity contribution in [3.05, 3.63) is 86.4 Å². The van der Waals surface area contributed by atoms with Gasteiger partial charge in [0.1, 0.15) is 10.7 Å². The van der Waals surface area contributed by atoms with Gasteiger partial charge in [0.2, 0.25) is 0 Å². The van der Waals surface area contributed by atoms with Crippen molar-refractivity contribution in [2.24, 2.45) is 0 Å². The second-order valence-corrected chi connectivity index (χ2v) is 7.49. The van der Waals surface area contributed by atoms with E-state index in [9.17, 15) is 4.79 Å². The number of aromatic amines is 1. The van der Waals surface area contributed by atoms with E-state index in [-0.39, 0.29) is 5.56 Å². The number of rotatable bonds is 3. The molecule has 0 bridgehead atoms. The Bertz CT molecular complexity index is 1120. The van der Waals surface area contributed by atoms with E-state index in [4.69, 9.17) is 23.2 Å². The van der Waals surface area contributed by atoms with Crippen LogP contribution in [0.5, 0.6) is 0 Å². The highest BCUT2D eigenvalue weighted by atomic mass is 35.5. The molecule has 0 aliphatic rings. The number of aromatic nitrogens is 2. The smallest absolute Gasteiger partial charge is 0.259 e. The highest BCUT2D eigenvalue weighted by Gasteiger charge is 2.11. The number of nitrogens with zero attached hydrogens (tertiary/aromatic N) is 1. The van der Waals surface area contributed by atoms with Gasteiger partial charge >= 0.3 is 0 Å². The van der Waals surface area contributed by atoms with Crippen LogP contribution in [0.25, 0.3) is 20.7 Å². The quantitative estimate of drug-likeness (QED) is 0.501. The molecule has 2 aromatic carbocycles. The van der Waals surface area contributed by atoms with E-state index in [0.717, 1.165) is 20.8 Å². The monoisotopic (exact) mass is 386 g/mol. The normalized spacial score (nSPS) is 11.1. The highest BCUT2D eigenvalue weighted by Crippen LogP contribution is 2.31. The predicted molar refractivity (Wildman–Crippen MR) is 105 cm³/mol. The third kappa shape index (κ3) is 3.33. The van der Waals surface area contributed by atoms with Crippen molar-refractivity contribution in [3.63, 3.8) is 0 Å². The lowest BCUT2D eigenvalue weighted by Gasteiger charge is -2.04. The largest absolute Gasteiger partial charge is 0.310 e. The summed E-state index contributed by atoms with van der Waals surface area (Å²) in [5.41, 5.74) is 1.81. The van der Waals surface area contributed by atoms with Crippen LogP contribution in [0.4, 0.5) is 0 Å². The summed E-state index contributed by atoms with van der Waals surface area (Å²) >= 11 is 13.7. The van der Waals surface area contributed by atoms with Crippen LogP contribution < -0.4 is 5.56 Å². The first-order valence-corrected chi connectivity index (χ1v) is 9.19. The first-order chi connectivity index (χ1) is 12.1. The lowest BCUT2D eigenvalue weighted by molar-refractivity contribution is 0.977. The number of nitrogens with one attached hydrogen (secondary N) is 1. The van der Waals surface area contributed by atoms with Gasteiger partial charge in [0, 0.05) is 21.3 Å².